The van der Waals surface area contributed by atoms with E-state index >= 15 is 0 Å². The van der Waals surface area contributed by atoms with Gasteiger partial charge >= 0.3 is 0 Å². The van der Waals surface area contributed by atoms with E-state index in [9.17, 15) is 22.3 Å². The normalized spacial score (nSPS) is 15.0. The van der Waals surface area contributed by atoms with Gasteiger partial charge in [-0.2, -0.15) is 4.31 Å². The highest BCUT2D eigenvalue weighted by Gasteiger charge is 2.41. The summed E-state index contributed by atoms with van der Waals surface area (Å²) in [5, 5.41) is 9.11. The molecule has 0 amide bonds. The van der Waals surface area contributed by atoms with Crippen LogP contribution in [0.2, 0.25) is 36.3 Å². The molecule has 0 fully saturated rings. The molecule has 0 spiro atoms. The van der Waals surface area contributed by atoms with Gasteiger partial charge in [-0.3, -0.25) is 0 Å². The molecule has 0 saturated carbocycles. The van der Waals surface area contributed by atoms with E-state index in [1.807, 2.05) is 6.92 Å². The number of halogens is 2. The van der Waals surface area contributed by atoms with Crippen LogP contribution in [0, 0.1) is 0 Å². The first-order chi connectivity index (χ1) is 18.5. The summed E-state index contributed by atoms with van der Waals surface area (Å²) in [4.78, 5) is 0.122. The van der Waals surface area contributed by atoms with Crippen molar-refractivity contribution in [3.8, 4) is 0 Å². The number of hydrogen-bond acceptors (Lipinski definition) is 5. The van der Waals surface area contributed by atoms with Crippen LogP contribution in [-0.2, 0) is 25.5 Å². The minimum Gasteiger partial charge on any atom is -0.415 e. The van der Waals surface area contributed by atoms with Crippen LogP contribution in [0.3, 0.4) is 0 Å². The van der Waals surface area contributed by atoms with E-state index in [4.69, 9.17) is 8.85 Å². The summed E-state index contributed by atoms with van der Waals surface area (Å²) in [7, 11) is -8.27. The van der Waals surface area contributed by atoms with Crippen molar-refractivity contribution >= 4 is 26.7 Å². The Morgan fingerprint density at radius 3 is 1.88 bits per heavy atom. The third-order valence-corrected chi connectivity index (χ3v) is 19.8. The molecule has 1 rings (SSSR count). The predicted molar refractivity (Wildman–Crippen MR) is 170 cm³/mol. The fourth-order valence-electron chi connectivity index (χ4n) is 3.68. The Labute approximate surface area is 251 Å². The number of sulfonamides is 1. The maximum atomic E-state index is 14.2. The van der Waals surface area contributed by atoms with Crippen LogP contribution in [0.5, 0.6) is 0 Å². The summed E-state index contributed by atoms with van der Waals surface area (Å²) >= 11 is 0. The first-order valence-corrected chi connectivity index (χ1v) is 22.1. The van der Waals surface area contributed by atoms with Gasteiger partial charge in [0.05, 0.1) is 18.1 Å². The van der Waals surface area contributed by atoms with E-state index in [0.29, 0.717) is 13.0 Å². The number of alkyl halides is 2. The molecule has 0 bridgehead atoms. The summed E-state index contributed by atoms with van der Waals surface area (Å²) in [6.45, 7) is 22.6. The maximum Gasteiger partial charge on any atom is 0.270 e. The minimum absolute atomic E-state index is 0.0296. The fraction of sp³-hybridized carbons (Fsp3) is 0.800. The Morgan fingerprint density at radius 1 is 0.902 bits per heavy atom. The largest absolute Gasteiger partial charge is 0.415 e. The van der Waals surface area contributed by atoms with E-state index in [-0.39, 0.29) is 34.5 Å². The number of unbranched alkanes of at least 4 members (excludes halogenated alkanes) is 2. The zero-order valence-electron chi connectivity index (χ0n) is 27.4. The van der Waals surface area contributed by atoms with E-state index in [0.717, 1.165) is 18.4 Å². The Kier molecular flexibility index (Phi) is 13.9. The monoisotopic (exact) mass is 637 g/mol. The quantitative estimate of drug-likeness (QED) is 0.138. The molecule has 11 heteroatoms. The van der Waals surface area contributed by atoms with Crippen LogP contribution in [0.15, 0.2) is 29.2 Å². The van der Waals surface area contributed by atoms with Gasteiger partial charge < -0.3 is 14.0 Å². The molecule has 41 heavy (non-hydrogen) atoms. The summed E-state index contributed by atoms with van der Waals surface area (Å²) in [5.41, 5.74) is 0.881. The third-order valence-electron chi connectivity index (χ3n) is 8.84. The minimum atomic E-state index is -4.01. The molecular formula is C30H57F2NO5SSi2. The molecule has 0 radical (unpaired) electrons. The SMILES string of the molecule is CCCCCN(C(CCC(F)(F)CO)CO[Si](C)(C)C(C)(C)C)S(=O)(=O)c1ccc(CO[Si](C)(C)C(C)(C)C)cc1. The molecule has 0 saturated heterocycles. The Morgan fingerprint density at radius 2 is 1.41 bits per heavy atom. The van der Waals surface area contributed by atoms with Crippen molar-refractivity contribution in [2.75, 3.05) is 19.8 Å². The second kappa shape index (κ2) is 14.9. The Balaban J connectivity index is 3.37. The molecule has 0 aliphatic heterocycles. The molecular weight excluding hydrogens is 581 g/mol. The number of aliphatic hydroxyl groups excluding tert-OH is 1. The highest BCUT2D eigenvalue weighted by atomic mass is 32.2. The van der Waals surface area contributed by atoms with Gasteiger partial charge in [-0.05, 0) is 66.8 Å². The van der Waals surface area contributed by atoms with E-state index < -0.39 is 51.7 Å². The second-order valence-electron chi connectivity index (χ2n) is 14.3. The lowest BCUT2D eigenvalue weighted by Gasteiger charge is -2.39. The molecule has 1 N–H and O–H groups in total. The van der Waals surface area contributed by atoms with Crippen LogP contribution in [0.25, 0.3) is 0 Å². The van der Waals surface area contributed by atoms with Gasteiger partial charge in [0.1, 0.15) is 6.61 Å². The summed E-state index contributed by atoms with van der Waals surface area (Å²) in [6, 6.07) is 5.92. The van der Waals surface area contributed by atoms with Crippen molar-refractivity contribution in [1.29, 1.82) is 0 Å². The van der Waals surface area contributed by atoms with Gasteiger partial charge in [-0.25, -0.2) is 17.2 Å². The average molecular weight is 638 g/mol. The van der Waals surface area contributed by atoms with E-state index in [2.05, 4.69) is 67.7 Å². The van der Waals surface area contributed by atoms with E-state index in [1.165, 1.54) is 4.31 Å². The van der Waals surface area contributed by atoms with Crippen LogP contribution in [-0.4, -0.2) is 66.2 Å². The molecule has 1 aromatic carbocycles. The second-order valence-corrected chi connectivity index (χ2v) is 25.8. The topological polar surface area (TPSA) is 76.1 Å². The number of hydrogen-bond donors (Lipinski definition) is 1. The molecule has 0 heterocycles. The van der Waals surface area contributed by atoms with Crippen LogP contribution in [0.4, 0.5) is 8.78 Å². The lowest BCUT2D eigenvalue weighted by atomic mass is 10.1. The molecule has 1 atom stereocenters. The van der Waals surface area contributed by atoms with E-state index in [1.54, 1.807) is 24.3 Å². The first kappa shape index (κ1) is 38.3. The van der Waals surface area contributed by atoms with Gasteiger partial charge in [0.25, 0.3) is 5.92 Å². The highest BCUT2D eigenvalue weighted by Crippen LogP contribution is 2.38. The van der Waals surface area contributed by atoms with Gasteiger partial charge in [-0.15, -0.1) is 0 Å². The average Bonchev–Trinajstić information content (AvgIpc) is 2.85. The molecule has 1 aromatic rings. The summed E-state index contributed by atoms with van der Waals surface area (Å²) in [6.07, 6.45) is 1.58. The maximum absolute atomic E-state index is 14.2. The van der Waals surface area contributed by atoms with Crippen molar-refractivity contribution in [2.45, 2.75) is 140 Å². The summed E-state index contributed by atoms with van der Waals surface area (Å²) < 4.78 is 70.5. The third kappa shape index (κ3) is 11.4. The van der Waals surface area contributed by atoms with Gasteiger partial charge in [-0.1, -0.05) is 73.4 Å². The standard InChI is InChI=1S/C30H57F2NO5SSi2/c1-12-13-14-21-33(26(19-20-30(31,32)24-34)23-38-41(10,11)29(5,6)7)39(35,36)27-17-15-25(16-18-27)22-37-40(8,9)28(2,3)4/h15-18,26,34H,12-14,19-24H2,1-11H3. The molecule has 6 nitrogen and oxygen atoms in total. The molecule has 1 unspecified atom stereocenters. The zero-order valence-corrected chi connectivity index (χ0v) is 30.3. The van der Waals surface area contributed by atoms with Crippen LogP contribution in [0.1, 0.15) is 86.1 Å². The smallest absolute Gasteiger partial charge is 0.270 e. The molecule has 0 aromatic heterocycles. The van der Waals surface area contributed by atoms with Crippen LogP contribution >= 0.6 is 0 Å². The number of aliphatic hydroxyl groups is 1. The van der Waals surface area contributed by atoms with Crippen molar-refractivity contribution in [3.05, 3.63) is 29.8 Å². The van der Waals surface area contributed by atoms with Crippen molar-refractivity contribution in [3.63, 3.8) is 0 Å². The molecule has 240 valence electrons. The number of rotatable bonds is 17. The lowest BCUT2D eigenvalue weighted by molar-refractivity contribution is -0.0614. The number of benzene rings is 1. The van der Waals surface area contributed by atoms with Crippen molar-refractivity contribution < 1.29 is 31.2 Å². The van der Waals surface area contributed by atoms with Gasteiger partial charge in [0, 0.05) is 19.0 Å². The highest BCUT2D eigenvalue weighted by molar-refractivity contribution is 7.89. The van der Waals surface area contributed by atoms with Crippen molar-refractivity contribution in [2.24, 2.45) is 0 Å². The first-order valence-electron chi connectivity index (χ1n) is 14.9. The fourth-order valence-corrected chi connectivity index (χ4v) is 7.36. The number of nitrogens with zero attached hydrogens (tertiary/aromatic N) is 1. The lowest BCUT2D eigenvalue weighted by Crippen LogP contribution is -2.48. The Bertz CT molecular complexity index is 1040. The summed E-state index contributed by atoms with van der Waals surface area (Å²) in [5.74, 6) is -3.29. The molecule has 0 aliphatic rings. The van der Waals surface area contributed by atoms with Gasteiger partial charge in [0.2, 0.25) is 10.0 Å². The zero-order chi connectivity index (χ0) is 31.9. The molecule has 0 aliphatic carbocycles. The van der Waals surface area contributed by atoms with Crippen LogP contribution < -0.4 is 0 Å². The Hall–Kier alpha value is -0.696. The van der Waals surface area contributed by atoms with Crippen molar-refractivity contribution in [1.82, 2.24) is 4.31 Å². The van der Waals surface area contributed by atoms with Gasteiger partial charge in [0.15, 0.2) is 16.6 Å². The predicted octanol–water partition coefficient (Wildman–Crippen LogP) is 8.19.